The van der Waals surface area contributed by atoms with Crippen LogP contribution in [0.5, 0.6) is 5.75 Å². The summed E-state index contributed by atoms with van der Waals surface area (Å²) in [5.74, 6) is 6.10. The van der Waals surface area contributed by atoms with Gasteiger partial charge in [-0.2, -0.15) is 0 Å². The van der Waals surface area contributed by atoms with E-state index in [-0.39, 0.29) is 17.4 Å². The third-order valence-corrected chi connectivity index (χ3v) is 7.23. The van der Waals surface area contributed by atoms with Crippen molar-refractivity contribution in [3.05, 3.63) is 70.6 Å². The first-order valence-corrected chi connectivity index (χ1v) is 12.6. The van der Waals surface area contributed by atoms with Crippen LogP contribution in [0.3, 0.4) is 0 Å². The molecule has 1 aliphatic rings. The maximum atomic E-state index is 13.6. The number of carbonyl (C=O) groups is 1. The molecule has 7 heteroatoms. The number of carboxylic acid groups (broad SMARTS) is 1. The number of methoxy groups -OCH3 is 1. The van der Waals surface area contributed by atoms with E-state index in [0.29, 0.717) is 24.6 Å². The van der Waals surface area contributed by atoms with Gasteiger partial charge in [-0.15, -0.1) is 0 Å². The molecule has 1 aromatic heterocycles. The molecule has 2 heterocycles. The van der Waals surface area contributed by atoms with Gasteiger partial charge >= 0.3 is 5.97 Å². The lowest BCUT2D eigenvalue weighted by molar-refractivity contribution is -0.139. The van der Waals surface area contributed by atoms with Gasteiger partial charge in [0.15, 0.2) is 0 Å². The molecule has 2 aromatic carbocycles. The Labute approximate surface area is 216 Å². The van der Waals surface area contributed by atoms with Crippen LogP contribution in [0.1, 0.15) is 36.8 Å². The van der Waals surface area contributed by atoms with Crippen LogP contribution in [-0.2, 0) is 11.2 Å². The van der Waals surface area contributed by atoms with Gasteiger partial charge in [0.05, 0.1) is 24.2 Å². The van der Waals surface area contributed by atoms with Gasteiger partial charge in [-0.05, 0) is 92.1 Å². The van der Waals surface area contributed by atoms with Crippen molar-refractivity contribution in [3.8, 4) is 17.6 Å². The molecule has 2 atom stereocenters. The largest absolute Gasteiger partial charge is 0.497 e. The molecule has 1 N–H and O–H groups in total. The smallest absolute Gasteiger partial charge is 0.303 e. The molecule has 0 saturated carbocycles. The summed E-state index contributed by atoms with van der Waals surface area (Å²) in [7, 11) is 1.66. The van der Waals surface area contributed by atoms with Crippen LogP contribution >= 0.6 is 11.6 Å². The van der Waals surface area contributed by atoms with Crippen molar-refractivity contribution in [2.45, 2.75) is 32.1 Å². The van der Waals surface area contributed by atoms with Gasteiger partial charge in [-0.1, -0.05) is 23.4 Å². The van der Waals surface area contributed by atoms with E-state index in [1.54, 1.807) is 13.2 Å². The highest BCUT2D eigenvalue weighted by atomic mass is 35.5. The lowest BCUT2D eigenvalue weighted by atomic mass is 9.80. The molecule has 1 fully saturated rings. The Morgan fingerprint density at radius 2 is 2.11 bits per heavy atom. The fourth-order valence-corrected chi connectivity index (χ4v) is 5.16. The van der Waals surface area contributed by atoms with Crippen LogP contribution in [0.25, 0.3) is 10.9 Å². The summed E-state index contributed by atoms with van der Waals surface area (Å²) < 4.78 is 19.0. The second-order valence-electron chi connectivity index (χ2n) is 9.32. The third kappa shape index (κ3) is 6.75. The minimum Gasteiger partial charge on any atom is -0.497 e. The van der Waals surface area contributed by atoms with Crippen molar-refractivity contribution < 1.29 is 19.0 Å². The van der Waals surface area contributed by atoms with E-state index in [4.69, 9.17) is 16.3 Å². The number of fused-ring (bicyclic) bond motifs is 1. The number of halogens is 2. The number of piperidine rings is 1. The summed E-state index contributed by atoms with van der Waals surface area (Å²) in [5, 5.41) is 10.7. The standard InChI is InChI=1S/C29H30ClFN2O3/c1-36-24-8-10-28-25(18-24)22(11-13-32-28)6-2-5-21-12-15-33(19-23(21)17-29(34)35)14-3-4-20-7-9-26(30)27(31)16-20/h7-11,13,16,18,21,23H,2,5-6,12,14-15,17,19H2,1H3,(H,34,35)/t21-,23+/m1/s1. The van der Waals surface area contributed by atoms with Crippen molar-refractivity contribution in [3.63, 3.8) is 0 Å². The van der Waals surface area contributed by atoms with Crippen LogP contribution in [0.4, 0.5) is 4.39 Å². The van der Waals surface area contributed by atoms with Gasteiger partial charge in [0.25, 0.3) is 0 Å². The molecule has 0 unspecified atom stereocenters. The van der Waals surface area contributed by atoms with E-state index in [1.165, 1.54) is 17.7 Å². The van der Waals surface area contributed by atoms with Gasteiger partial charge in [0, 0.05) is 30.1 Å². The van der Waals surface area contributed by atoms with Gasteiger partial charge in [-0.3, -0.25) is 14.7 Å². The number of nitrogens with zero attached hydrogens (tertiary/aromatic N) is 2. The lowest BCUT2D eigenvalue weighted by Gasteiger charge is -2.37. The van der Waals surface area contributed by atoms with E-state index < -0.39 is 11.8 Å². The number of aliphatic carboxylic acids is 1. The van der Waals surface area contributed by atoms with Crippen molar-refractivity contribution >= 4 is 28.5 Å². The minimum absolute atomic E-state index is 0.0796. The third-order valence-electron chi connectivity index (χ3n) is 6.93. The molecule has 0 aliphatic carbocycles. The summed E-state index contributed by atoms with van der Waals surface area (Å²) in [6.45, 7) is 2.10. The van der Waals surface area contributed by atoms with E-state index in [2.05, 4.69) is 27.8 Å². The molecular weight excluding hydrogens is 479 g/mol. The molecule has 0 spiro atoms. The zero-order valence-electron chi connectivity index (χ0n) is 20.3. The quantitative estimate of drug-likeness (QED) is 0.388. The maximum Gasteiger partial charge on any atom is 0.303 e. The van der Waals surface area contributed by atoms with Crippen LogP contribution < -0.4 is 4.74 Å². The summed E-state index contributed by atoms with van der Waals surface area (Å²) in [5.41, 5.74) is 2.77. The summed E-state index contributed by atoms with van der Waals surface area (Å²) in [6.07, 6.45) is 5.82. The van der Waals surface area contributed by atoms with E-state index in [1.807, 2.05) is 24.4 Å². The minimum atomic E-state index is -0.762. The first-order valence-electron chi connectivity index (χ1n) is 12.2. The Hall–Kier alpha value is -3.14. The number of aromatic nitrogens is 1. The number of hydrogen-bond acceptors (Lipinski definition) is 4. The Morgan fingerprint density at radius 1 is 1.25 bits per heavy atom. The zero-order valence-corrected chi connectivity index (χ0v) is 21.1. The lowest BCUT2D eigenvalue weighted by Crippen LogP contribution is -2.41. The average molecular weight is 509 g/mol. The fourth-order valence-electron chi connectivity index (χ4n) is 5.04. The van der Waals surface area contributed by atoms with Crippen LogP contribution in [0.15, 0.2) is 48.7 Å². The van der Waals surface area contributed by atoms with Crippen molar-refractivity contribution in [2.24, 2.45) is 11.8 Å². The number of hydrogen-bond donors (Lipinski definition) is 1. The van der Waals surface area contributed by atoms with Gasteiger partial charge in [0.1, 0.15) is 11.6 Å². The first kappa shape index (κ1) is 25.9. The van der Waals surface area contributed by atoms with Crippen LogP contribution in [0.2, 0.25) is 5.02 Å². The first-order chi connectivity index (χ1) is 17.4. The second kappa shape index (κ2) is 12.2. The van der Waals surface area contributed by atoms with E-state index in [9.17, 15) is 14.3 Å². The summed E-state index contributed by atoms with van der Waals surface area (Å²) >= 11 is 5.73. The van der Waals surface area contributed by atoms with Crippen molar-refractivity contribution in [1.29, 1.82) is 0 Å². The van der Waals surface area contributed by atoms with Gasteiger partial charge in [0.2, 0.25) is 0 Å². The topological polar surface area (TPSA) is 62.7 Å². The number of ether oxygens (including phenoxy) is 1. The molecule has 3 aromatic rings. The number of benzene rings is 2. The number of aryl methyl sites for hydroxylation is 1. The molecular formula is C29H30ClFN2O3. The molecule has 1 saturated heterocycles. The number of pyridine rings is 1. The highest BCUT2D eigenvalue weighted by Crippen LogP contribution is 2.31. The van der Waals surface area contributed by atoms with E-state index >= 15 is 0 Å². The molecule has 0 bridgehead atoms. The monoisotopic (exact) mass is 508 g/mol. The Bertz CT molecular complexity index is 1290. The molecule has 0 radical (unpaired) electrons. The zero-order chi connectivity index (χ0) is 25.5. The highest BCUT2D eigenvalue weighted by Gasteiger charge is 2.30. The molecule has 4 rings (SSSR count). The predicted octanol–water partition coefficient (Wildman–Crippen LogP) is 5.82. The molecule has 5 nitrogen and oxygen atoms in total. The molecule has 0 amide bonds. The van der Waals surface area contributed by atoms with Crippen LogP contribution in [-0.4, -0.2) is 47.7 Å². The highest BCUT2D eigenvalue weighted by molar-refractivity contribution is 6.30. The summed E-state index contributed by atoms with van der Waals surface area (Å²) in [6, 6.07) is 12.5. The van der Waals surface area contributed by atoms with Crippen molar-refractivity contribution in [1.82, 2.24) is 9.88 Å². The maximum absolute atomic E-state index is 13.6. The Kier molecular flexibility index (Phi) is 8.79. The fraction of sp³-hybridized carbons (Fsp3) is 0.379. The summed E-state index contributed by atoms with van der Waals surface area (Å²) in [4.78, 5) is 18.2. The van der Waals surface area contributed by atoms with Gasteiger partial charge < -0.3 is 9.84 Å². The van der Waals surface area contributed by atoms with E-state index in [0.717, 1.165) is 48.9 Å². The average Bonchev–Trinajstić information content (AvgIpc) is 2.87. The van der Waals surface area contributed by atoms with Crippen LogP contribution in [0, 0.1) is 29.5 Å². The Balaban J connectivity index is 1.35. The number of likely N-dealkylation sites (tertiary alicyclic amines) is 1. The number of carboxylic acids is 1. The second-order valence-corrected chi connectivity index (χ2v) is 9.73. The molecule has 36 heavy (non-hydrogen) atoms. The van der Waals surface area contributed by atoms with Crippen molar-refractivity contribution in [2.75, 3.05) is 26.7 Å². The molecule has 1 aliphatic heterocycles. The SMILES string of the molecule is COc1ccc2nccc(CCC[C@@H]3CCN(CC#Cc4ccc(Cl)c(F)c4)C[C@@H]3CC(=O)O)c2c1. The number of rotatable bonds is 8. The predicted molar refractivity (Wildman–Crippen MR) is 140 cm³/mol. The van der Waals surface area contributed by atoms with Gasteiger partial charge in [-0.25, -0.2) is 4.39 Å². The normalized spacial score (nSPS) is 18.0. The Morgan fingerprint density at radius 3 is 2.89 bits per heavy atom. The molecule has 188 valence electrons.